The largest absolute Gasteiger partial charge is 0.369 e. The lowest BCUT2D eigenvalue weighted by atomic mass is 10.2. The van der Waals surface area contributed by atoms with E-state index < -0.39 is 10.0 Å². The number of aromatic nitrogens is 1. The average Bonchev–Trinajstić information content (AvgIpc) is 2.48. The molecule has 0 saturated heterocycles. The van der Waals surface area contributed by atoms with Crippen LogP contribution < -0.4 is 10.0 Å². The molecule has 7 heteroatoms. The monoisotopic (exact) mass is 334 g/mol. The predicted octanol–water partition coefficient (Wildman–Crippen LogP) is 2.16. The van der Waals surface area contributed by atoms with E-state index in [2.05, 4.69) is 19.9 Å². The Kier molecular flexibility index (Phi) is 5.57. The fourth-order valence-corrected chi connectivity index (χ4v) is 3.11. The van der Waals surface area contributed by atoms with Crippen LogP contribution in [0, 0.1) is 6.92 Å². The van der Waals surface area contributed by atoms with Crippen LogP contribution in [0.5, 0.6) is 0 Å². The van der Waals surface area contributed by atoms with E-state index in [9.17, 15) is 8.42 Å². The Morgan fingerprint density at radius 1 is 1.17 bits per heavy atom. The zero-order valence-corrected chi connectivity index (χ0v) is 14.4. The number of nitrogens with zero attached hydrogens (tertiary/aromatic N) is 2. The summed E-state index contributed by atoms with van der Waals surface area (Å²) in [5.74, 6) is 0.713. The van der Waals surface area contributed by atoms with Gasteiger partial charge in [-0.1, -0.05) is 12.1 Å². The van der Waals surface area contributed by atoms with Crippen LogP contribution in [0.4, 0.5) is 11.5 Å². The molecule has 0 saturated carbocycles. The molecule has 1 aromatic heterocycles. The van der Waals surface area contributed by atoms with Gasteiger partial charge in [-0.25, -0.2) is 13.4 Å². The third-order valence-electron chi connectivity index (χ3n) is 3.18. The molecular formula is C16H22N4O2S. The quantitative estimate of drug-likeness (QED) is 0.812. The summed E-state index contributed by atoms with van der Waals surface area (Å²) in [6, 6.07) is 10.2. The molecule has 6 nitrogen and oxygen atoms in total. The summed E-state index contributed by atoms with van der Waals surface area (Å²) in [7, 11) is 0.403. The van der Waals surface area contributed by atoms with Crippen LogP contribution in [0.1, 0.15) is 5.56 Å². The molecule has 0 aliphatic rings. The van der Waals surface area contributed by atoms with Crippen molar-refractivity contribution in [1.29, 1.82) is 0 Å². The average molecular weight is 334 g/mol. The van der Waals surface area contributed by atoms with Gasteiger partial charge in [-0.05, 0) is 50.8 Å². The molecule has 0 amide bonds. The molecule has 2 aromatic rings. The Bertz CT molecular complexity index is 743. The summed E-state index contributed by atoms with van der Waals surface area (Å²) in [5.41, 5.74) is 1.33. The number of hydrogen-bond donors (Lipinski definition) is 2. The van der Waals surface area contributed by atoms with E-state index in [0.717, 1.165) is 18.7 Å². The van der Waals surface area contributed by atoms with E-state index in [1.165, 1.54) is 6.20 Å². The minimum atomic E-state index is -3.59. The molecule has 1 heterocycles. The van der Waals surface area contributed by atoms with E-state index >= 15 is 0 Å². The first-order valence-electron chi connectivity index (χ1n) is 7.31. The molecule has 0 aliphatic carbocycles. The number of nitrogens with one attached hydrogen (secondary N) is 2. The van der Waals surface area contributed by atoms with Gasteiger partial charge in [0.15, 0.2) is 0 Å². The van der Waals surface area contributed by atoms with Crippen molar-refractivity contribution in [3.63, 3.8) is 0 Å². The van der Waals surface area contributed by atoms with E-state index in [4.69, 9.17) is 0 Å². The van der Waals surface area contributed by atoms with Gasteiger partial charge in [-0.3, -0.25) is 4.72 Å². The van der Waals surface area contributed by atoms with Crippen LogP contribution in [-0.2, 0) is 10.0 Å². The third-order valence-corrected chi connectivity index (χ3v) is 4.56. The Labute approximate surface area is 137 Å². The van der Waals surface area contributed by atoms with Crippen molar-refractivity contribution < 1.29 is 8.42 Å². The second-order valence-electron chi connectivity index (χ2n) is 5.58. The summed E-state index contributed by atoms with van der Waals surface area (Å²) in [6.45, 7) is 3.52. The molecule has 2 rings (SSSR count). The van der Waals surface area contributed by atoms with Crippen LogP contribution in [0.3, 0.4) is 0 Å². The first kappa shape index (κ1) is 17.2. The summed E-state index contributed by atoms with van der Waals surface area (Å²) in [4.78, 5) is 6.52. The SMILES string of the molecule is Cc1cccc(S(=O)(=O)Nc2ccc(NCCN(C)C)nc2)c1. The van der Waals surface area contributed by atoms with Gasteiger partial charge in [0.1, 0.15) is 5.82 Å². The van der Waals surface area contributed by atoms with Gasteiger partial charge in [0, 0.05) is 13.1 Å². The molecule has 0 atom stereocenters. The first-order valence-corrected chi connectivity index (χ1v) is 8.79. The van der Waals surface area contributed by atoms with Gasteiger partial charge in [-0.15, -0.1) is 0 Å². The second kappa shape index (κ2) is 7.43. The number of sulfonamides is 1. The van der Waals surface area contributed by atoms with Crippen LogP contribution in [0.15, 0.2) is 47.5 Å². The Morgan fingerprint density at radius 2 is 1.96 bits per heavy atom. The number of benzene rings is 1. The molecule has 0 bridgehead atoms. The van der Waals surface area contributed by atoms with Gasteiger partial charge in [-0.2, -0.15) is 0 Å². The van der Waals surface area contributed by atoms with Crippen LogP contribution in [0.2, 0.25) is 0 Å². The predicted molar refractivity (Wildman–Crippen MR) is 93.3 cm³/mol. The van der Waals surface area contributed by atoms with Crippen molar-refractivity contribution in [3.8, 4) is 0 Å². The maximum absolute atomic E-state index is 12.3. The minimum absolute atomic E-state index is 0.241. The van der Waals surface area contributed by atoms with Crippen molar-refractivity contribution in [1.82, 2.24) is 9.88 Å². The Balaban J connectivity index is 2.03. The van der Waals surface area contributed by atoms with Gasteiger partial charge in [0.05, 0.1) is 16.8 Å². The van der Waals surface area contributed by atoms with E-state index in [0.29, 0.717) is 11.5 Å². The summed E-state index contributed by atoms with van der Waals surface area (Å²) in [5, 5.41) is 3.18. The number of hydrogen-bond acceptors (Lipinski definition) is 5. The van der Waals surface area contributed by atoms with Crippen molar-refractivity contribution in [3.05, 3.63) is 48.2 Å². The van der Waals surface area contributed by atoms with Crippen molar-refractivity contribution in [2.45, 2.75) is 11.8 Å². The smallest absolute Gasteiger partial charge is 0.261 e. The molecule has 124 valence electrons. The highest BCUT2D eigenvalue weighted by Gasteiger charge is 2.14. The van der Waals surface area contributed by atoms with Crippen molar-refractivity contribution in [2.24, 2.45) is 0 Å². The Hall–Kier alpha value is -2.12. The third kappa shape index (κ3) is 5.22. The zero-order chi connectivity index (χ0) is 16.9. The van der Waals surface area contributed by atoms with Gasteiger partial charge < -0.3 is 10.2 Å². The van der Waals surface area contributed by atoms with Gasteiger partial charge in [0.25, 0.3) is 10.0 Å². The van der Waals surface area contributed by atoms with E-state index in [1.807, 2.05) is 27.1 Å². The molecule has 0 fully saturated rings. The topological polar surface area (TPSA) is 74.3 Å². The van der Waals surface area contributed by atoms with Gasteiger partial charge >= 0.3 is 0 Å². The molecular weight excluding hydrogens is 312 g/mol. The maximum Gasteiger partial charge on any atom is 0.261 e. The van der Waals surface area contributed by atoms with Crippen molar-refractivity contribution in [2.75, 3.05) is 37.2 Å². The standard InChI is InChI=1S/C16H22N4O2S/c1-13-5-4-6-15(11-13)23(21,22)19-14-7-8-16(18-12-14)17-9-10-20(2)3/h4-8,11-12,19H,9-10H2,1-3H3,(H,17,18). The van der Waals surface area contributed by atoms with Crippen LogP contribution in [-0.4, -0.2) is 45.5 Å². The Morgan fingerprint density at radius 3 is 2.57 bits per heavy atom. The lowest BCUT2D eigenvalue weighted by Crippen LogP contribution is -2.21. The number of likely N-dealkylation sites (N-methyl/N-ethyl adjacent to an activating group) is 1. The fourth-order valence-electron chi connectivity index (χ4n) is 1.96. The normalized spacial score (nSPS) is 11.5. The zero-order valence-electron chi connectivity index (χ0n) is 13.6. The van der Waals surface area contributed by atoms with Crippen molar-refractivity contribution >= 4 is 21.5 Å². The molecule has 23 heavy (non-hydrogen) atoms. The number of rotatable bonds is 7. The maximum atomic E-state index is 12.3. The lowest BCUT2D eigenvalue weighted by molar-refractivity contribution is 0.425. The number of anilines is 2. The van der Waals surface area contributed by atoms with E-state index in [-0.39, 0.29) is 4.90 Å². The molecule has 1 aromatic carbocycles. The number of aryl methyl sites for hydroxylation is 1. The lowest BCUT2D eigenvalue weighted by Gasteiger charge is -2.12. The highest BCUT2D eigenvalue weighted by Crippen LogP contribution is 2.17. The molecule has 0 spiro atoms. The first-order chi connectivity index (χ1) is 10.9. The minimum Gasteiger partial charge on any atom is -0.369 e. The highest BCUT2D eigenvalue weighted by atomic mass is 32.2. The fraction of sp³-hybridized carbons (Fsp3) is 0.312. The number of pyridine rings is 1. The molecule has 0 radical (unpaired) electrons. The highest BCUT2D eigenvalue weighted by molar-refractivity contribution is 7.92. The van der Waals surface area contributed by atoms with Gasteiger partial charge in [0.2, 0.25) is 0 Å². The molecule has 0 aliphatic heterocycles. The summed E-state index contributed by atoms with van der Waals surface area (Å²) >= 11 is 0. The van der Waals surface area contributed by atoms with Crippen LogP contribution in [0.25, 0.3) is 0 Å². The summed E-state index contributed by atoms with van der Waals surface area (Å²) in [6.07, 6.45) is 1.51. The van der Waals surface area contributed by atoms with Crippen LogP contribution >= 0.6 is 0 Å². The molecule has 0 unspecified atom stereocenters. The summed E-state index contributed by atoms with van der Waals surface area (Å²) < 4.78 is 27.2. The second-order valence-corrected chi connectivity index (χ2v) is 7.27. The molecule has 2 N–H and O–H groups in total. The van der Waals surface area contributed by atoms with E-state index in [1.54, 1.807) is 30.3 Å².